The standard InChI is InChI=1S/C23H21FN2O/c24-18-8-5-16(6-9-18)15-26-13-11-23(12-14-26)21-19-4-2-1-3-17(19)7-10-20(21)22(25)27-23/h1-10,25H,11-15H2. The Labute approximate surface area is 157 Å². The molecule has 4 heteroatoms. The fourth-order valence-electron chi connectivity index (χ4n) is 4.53. The lowest BCUT2D eigenvalue weighted by Crippen LogP contribution is -2.42. The van der Waals surface area contributed by atoms with Crippen LogP contribution < -0.4 is 0 Å². The minimum absolute atomic E-state index is 0.197. The van der Waals surface area contributed by atoms with E-state index in [9.17, 15) is 4.39 Å². The highest BCUT2D eigenvalue weighted by molar-refractivity contribution is 6.03. The zero-order valence-corrected chi connectivity index (χ0v) is 15.0. The number of halogens is 1. The van der Waals surface area contributed by atoms with Gasteiger partial charge in [-0.05, 0) is 34.5 Å². The number of fused-ring (bicyclic) bond motifs is 4. The quantitative estimate of drug-likeness (QED) is 0.711. The van der Waals surface area contributed by atoms with Crippen LogP contribution in [0.15, 0.2) is 60.7 Å². The zero-order valence-electron chi connectivity index (χ0n) is 15.0. The van der Waals surface area contributed by atoms with Crippen molar-refractivity contribution in [3.63, 3.8) is 0 Å². The van der Waals surface area contributed by atoms with Crippen LogP contribution in [-0.2, 0) is 16.9 Å². The highest BCUT2D eigenvalue weighted by atomic mass is 19.1. The summed E-state index contributed by atoms with van der Waals surface area (Å²) >= 11 is 0. The molecule has 3 nitrogen and oxygen atoms in total. The number of likely N-dealkylation sites (tertiary alicyclic amines) is 1. The molecule has 0 aromatic heterocycles. The number of nitrogens with zero attached hydrogens (tertiary/aromatic N) is 1. The summed E-state index contributed by atoms with van der Waals surface area (Å²) in [5.41, 5.74) is 2.85. The van der Waals surface area contributed by atoms with Gasteiger partial charge in [0.15, 0.2) is 0 Å². The van der Waals surface area contributed by atoms with E-state index >= 15 is 0 Å². The van der Waals surface area contributed by atoms with Gasteiger partial charge in [-0.15, -0.1) is 0 Å². The number of ether oxygens (including phenoxy) is 1. The third-order valence-electron chi connectivity index (χ3n) is 5.91. The zero-order chi connectivity index (χ0) is 18.4. The molecule has 1 fully saturated rings. The van der Waals surface area contributed by atoms with E-state index in [1.54, 1.807) is 0 Å². The summed E-state index contributed by atoms with van der Waals surface area (Å²) in [5, 5.41) is 10.7. The molecule has 2 heterocycles. The highest BCUT2D eigenvalue weighted by Crippen LogP contribution is 2.47. The lowest BCUT2D eigenvalue weighted by Gasteiger charge is -2.39. The van der Waals surface area contributed by atoms with Gasteiger partial charge in [-0.2, -0.15) is 0 Å². The largest absolute Gasteiger partial charge is 0.466 e. The van der Waals surface area contributed by atoms with Crippen molar-refractivity contribution >= 4 is 16.7 Å². The molecular weight excluding hydrogens is 339 g/mol. The van der Waals surface area contributed by atoms with Crippen molar-refractivity contribution in [1.82, 2.24) is 4.90 Å². The second-order valence-electron chi connectivity index (χ2n) is 7.54. The van der Waals surface area contributed by atoms with Crippen molar-refractivity contribution in [3.05, 3.63) is 83.2 Å². The van der Waals surface area contributed by atoms with Crippen molar-refractivity contribution in [2.45, 2.75) is 25.0 Å². The lowest BCUT2D eigenvalue weighted by atomic mass is 9.81. The Kier molecular flexibility index (Phi) is 3.76. The van der Waals surface area contributed by atoms with Crippen molar-refractivity contribution in [2.24, 2.45) is 0 Å². The summed E-state index contributed by atoms with van der Waals surface area (Å²) in [4.78, 5) is 2.38. The Morgan fingerprint density at radius 2 is 1.70 bits per heavy atom. The Hall–Kier alpha value is -2.72. The van der Waals surface area contributed by atoms with Crippen LogP contribution in [0.25, 0.3) is 10.8 Å². The van der Waals surface area contributed by atoms with E-state index in [1.165, 1.54) is 28.5 Å². The summed E-state index contributed by atoms with van der Waals surface area (Å²) < 4.78 is 19.3. The van der Waals surface area contributed by atoms with Crippen molar-refractivity contribution in [1.29, 1.82) is 5.41 Å². The van der Waals surface area contributed by atoms with Crippen LogP contribution in [0.2, 0.25) is 0 Å². The van der Waals surface area contributed by atoms with E-state index in [-0.39, 0.29) is 5.82 Å². The van der Waals surface area contributed by atoms with Gasteiger partial charge in [0.05, 0.1) is 0 Å². The predicted octanol–water partition coefficient (Wildman–Crippen LogP) is 4.83. The normalized spacial score (nSPS) is 18.6. The number of piperidine rings is 1. The van der Waals surface area contributed by atoms with Gasteiger partial charge >= 0.3 is 0 Å². The third kappa shape index (κ3) is 2.72. The van der Waals surface area contributed by atoms with Gasteiger partial charge in [0.1, 0.15) is 11.4 Å². The highest BCUT2D eigenvalue weighted by Gasteiger charge is 2.46. The number of nitrogens with one attached hydrogen (secondary N) is 1. The van der Waals surface area contributed by atoms with Crippen molar-refractivity contribution < 1.29 is 9.13 Å². The van der Waals surface area contributed by atoms with Crippen LogP contribution in [0.3, 0.4) is 0 Å². The average molecular weight is 360 g/mol. The summed E-state index contributed by atoms with van der Waals surface area (Å²) in [6.45, 7) is 2.61. The Bertz CT molecular complexity index is 1020. The van der Waals surface area contributed by atoms with Crippen molar-refractivity contribution in [3.8, 4) is 0 Å². The number of rotatable bonds is 2. The van der Waals surface area contributed by atoms with E-state index in [4.69, 9.17) is 10.1 Å². The summed E-state index contributed by atoms with van der Waals surface area (Å²) in [7, 11) is 0. The molecule has 0 atom stereocenters. The first-order valence-electron chi connectivity index (χ1n) is 9.42. The second-order valence-corrected chi connectivity index (χ2v) is 7.54. The van der Waals surface area contributed by atoms with Gasteiger partial charge in [-0.25, -0.2) is 4.39 Å². The fraction of sp³-hybridized carbons (Fsp3) is 0.261. The summed E-state index contributed by atoms with van der Waals surface area (Å²) in [6, 6.07) is 19.2. The smallest absolute Gasteiger partial charge is 0.214 e. The Morgan fingerprint density at radius 1 is 0.963 bits per heavy atom. The molecule has 1 spiro atoms. The maximum Gasteiger partial charge on any atom is 0.214 e. The topological polar surface area (TPSA) is 36.3 Å². The van der Waals surface area contributed by atoms with Crippen LogP contribution >= 0.6 is 0 Å². The van der Waals surface area contributed by atoms with E-state index in [0.717, 1.165) is 43.6 Å². The monoisotopic (exact) mass is 360 g/mol. The minimum Gasteiger partial charge on any atom is -0.466 e. The molecule has 2 aliphatic heterocycles. The van der Waals surface area contributed by atoms with Crippen LogP contribution in [0.5, 0.6) is 0 Å². The first-order valence-corrected chi connectivity index (χ1v) is 9.42. The maximum atomic E-state index is 13.1. The van der Waals surface area contributed by atoms with E-state index in [2.05, 4.69) is 29.2 Å². The van der Waals surface area contributed by atoms with Gasteiger partial charge in [-0.1, -0.05) is 42.5 Å². The molecule has 2 aliphatic rings. The summed E-state index contributed by atoms with van der Waals surface area (Å²) in [5.74, 6) is 0.0976. The molecule has 0 bridgehead atoms. The molecular formula is C23H21FN2O. The molecule has 0 unspecified atom stereocenters. The van der Waals surface area contributed by atoms with E-state index in [1.807, 2.05) is 24.3 Å². The molecule has 0 radical (unpaired) electrons. The number of hydrogen-bond acceptors (Lipinski definition) is 3. The van der Waals surface area contributed by atoms with Gasteiger partial charge in [0.25, 0.3) is 0 Å². The average Bonchev–Trinajstić information content (AvgIpc) is 2.97. The first-order chi connectivity index (χ1) is 13.1. The number of hydrogen-bond donors (Lipinski definition) is 1. The van der Waals surface area contributed by atoms with E-state index < -0.39 is 5.60 Å². The molecule has 27 heavy (non-hydrogen) atoms. The van der Waals surface area contributed by atoms with Crippen LogP contribution in [-0.4, -0.2) is 23.9 Å². The van der Waals surface area contributed by atoms with Crippen LogP contribution in [0, 0.1) is 11.2 Å². The fourth-order valence-corrected chi connectivity index (χ4v) is 4.53. The second kappa shape index (κ2) is 6.17. The van der Waals surface area contributed by atoms with Gasteiger partial charge in [0.2, 0.25) is 5.90 Å². The minimum atomic E-state index is -0.396. The van der Waals surface area contributed by atoms with Gasteiger partial charge < -0.3 is 4.74 Å². The van der Waals surface area contributed by atoms with Gasteiger partial charge in [-0.3, -0.25) is 10.3 Å². The number of benzene rings is 3. The Morgan fingerprint density at radius 3 is 2.48 bits per heavy atom. The lowest BCUT2D eigenvalue weighted by molar-refractivity contribution is -0.00416. The maximum absolute atomic E-state index is 13.1. The van der Waals surface area contributed by atoms with E-state index in [0.29, 0.717) is 5.90 Å². The van der Waals surface area contributed by atoms with Crippen LogP contribution in [0.4, 0.5) is 4.39 Å². The SMILES string of the molecule is N=C1OC2(CCN(Cc3ccc(F)cc3)CC2)c2c1ccc1ccccc21. The molecule has 0 aliphatic carbocycles. The Balaban J connectivity index is 1.43. The van der Waals surface area contributed by atoms with Crippen LogP contribution in [0.1, 0.15) is 29.5 Å². The molecule has 5 rings (SSSR count). The van der Waals surface area contributed by atoms with Gasteiger partial charge in [0, 0.05) is 43.6 Å². The predicted molar refractivity (Wildman–Crippen MR) is 104 cm³/mol. The molecule has 3 aromatic rings. The molecule has 0 amide bonds. The molecule has 3 aromatic carbocycles. The first kappa shape index (κ1) is 16.5. The molecule has 1 saturated heterocycles. The summed E-state index contributed by atoms with van der Waals surface area (Å²) in [6.07, 6.45) is 1.72. The molecule has 0 saturated carbocycles. The third-order valence-corrected chi connectivity index (χ3v) is 5.91. The molecule has 136 valence electrons. The molecule has 1 N–H and O–H groups in total. The van der Waals surface area contributed by atoms with Crippen molar-refractivity contribution in [2.75, 3.05) is 13.1 Å².